The maximum absolute atomic E-state index is 3.66. The summed E-state index contributed by atoms with van der Waals surface area (Å²) in [6.07, 6.45) is 1.18. The predicted molar refractivity (Wildman–Crippen MR) is 66.5 cm³/mol. The number of hydrogen-bond acceptors (Lipinski definition) is 1. The van der Waals surface area contributed by atoms with E-state index in [9.17, 15) is 0 Å². The van der Waals surface area contributed by atoms with Gasteiger partial charge in [-0.1, -0.05) is 32.0 Å². The fourth-order valence-electron chi connectivity index (χ4n) is 2.98. The van der Waals surface area contributed by atoms with Crippen molar-refractivity contribution in [3.8, 4) is 0 Å². The van der Waals surface area contributed by atoms with Crippen LogP contribution in [0.5, 0.6) is 0 Å². The summed E-state index contributed by atoms with van der Waals surface area (Å²) in [5, 5.41) is 3.66. The highest BCUT2D eigenvalue weighted by Crippen LogP contribution is 2.43. The SMILES string of the molecule is Cc1cccc2c1NC(C)(C)CC2(C)C. The van der Waals surface area contributed by atoms with Crippen molar-refractivity contribution in [2.75, 3.05) is 5.32 Å². The second-order valence-corrected chi connectivity index (χ2v) is 6.07. The summed E-state index contributed by atoms with van der Waals surface area (Å²) in [5.41, 5.74) is 4.63. The molecule has 1 nitrogen and oxygen atoms in total. The van der Waals surface area contributed by atoms with E-state index < -0.39 is 0 Å². The normalized spacial score (nSPS) is 21.7. The van der Waals surface area contributed by atoms with Gasteiger partial charge in [0.1, 0.15) is 0 Å². The van der Waals surface area contributed by atoms with E-state index >= 15 is 0 Å². The first-order valence-electron chi connectivity index (χ1n) is 5.70. The monoisotopic (exact) mass is 203 g/mol. The minimum atomic E-state index is 0.197. The minimum Gasteiger partial charge on any atom is -0.380 e. The first kappa shape index (κ1) is 10.5. The zero-order valence-electron chi connectivity index (χ0n) is 10.4. The second kappa shape index (κ2) is 3.01. The lowest BCUT2D eigenvalue weighted by molar-refractivity contribution is 0.355. The number of fused-ring (bicyclic) bond motifs is 1. The zero-order chi connectivity index (χ0) is 11.3. The van der Waals surface area contributed by atoms with Gasteiger partial charge in [-0.15, -0.1) is 0 Å². The maximum atomic E-state index is 3.66. The Bertz CT molecular complexity index is 388. The van der Waals surface area contributed by atoms with Gasteiger partial charge in [0.2, 0.25) is 0 Å². The van der Waals surface area contributed by atoms with E-state index in [4.69, 9.17) is 0 Å². The summed E-state index contributed by atoms with van der Waals surface area (Å²) in [6.45, 7) is 11.4. The molecule has 1 heteroatoms. The van der Waals surface area contributed by atoms with Gasteiger partial charge in [-0.3, -0.25) is 0 Å². The van der Waals surface area contributed by atoms with Gasteiger partial charge in [0.15, 0.2) is 0 Å². The lowest BCUT2D eigenvalue weighted by atomic mass is 9.71. The molecule has 2 rings (SSSR count). The van der Waals surface area contributed by atoms with Gasteiger partial charge in [0, 0.05) is 11.2 Å². The van der Waals surface area contributed by atoms with Crippen LogP contribution in [0.4, 0.5) is 5.69 Å². The summed E-state index contributed by atoms with van der Waals surface area (Å²) in [4.78, 5) is 0. The third kappa shape index (κ3) is 1.75. The van der Waals surface area contributed by atoms with Crippen molar-refractivity contribution >= 4 is 5.69 Å². The van der Waals surface area contributed by atoms with E-state index in [1.807, 2.05) is 0 Å². The molecule has 0 spiro atoms. The van der Waals surface area contributed by atoms with Gasteiger partial charge in [-0.25, -0.2) is 0 Å². The Kier molecular flexibility index (Phi) is 2.11. The summed E-state index contributed by atoms with van der Waals surface area (Å²) in [5.74, 6) is 0. The lowest BCUT2D eigenvalue weighted by Crippen LogP contribution is -2.43. The molecule has 0 unspecified atom stereocenters. The van der Waals surface area contributed by atoms with E-state index in [0.717, 1.165) is 0 Å². The van der Waals surface area contributed by atoms with Crippen LogP contribution in [0.2, 0.25) is 0 Å². The van der Waals surface area contributed by atoms with Gasteiger partial charge >= 0.3 is 0 Å². The molecule has 82 valence electrons. The highest BCUT2D eigenvalue weighted by atomic mass is 15.0. The van der Waals surface area contributed by atoms with Crippen molar-refractivity contribution in [3.05, 3.63) is 29.3 Å². The Hall–Kier alpha value is -0.980. The number of para-hydroxylation sites is 1. The molecule has 15 heavy (non-hydrogen) atoms. The van der Waals surface area contributed by atoms with Crippen molar-refractivity contribution in [1.29, 1.82) is 0 Å². The molecule has 0 saturated carbocycles. The number of anilines is 1. The molecule has 1 aliphatic heterocycles. The van der Waals surface area contributed by atoms with Gasteiger partial charge in [0.25, 0.3) is 0 Å². The van der Waals surface area contributed by atoms with E-state index in [1.54, 1.807) is 0 Å². The van der Waals surface area contributed by atoms with Crippen LogP contribution < -0.4 is 5.32 Å². The molecule has 0 amide bonds. The average Bonchev–Trinajstić information content (AvgIpc) is 2.04. The number of nitrogens with one attached hydrogen (secondary N) is 1. The van der Waals surface area contributed by atoms with Crippen LogP contribution >= 0.6 is 0 Å². The smallest absolute Gasteiger partial charge is 0.0412 e. The van der Waals surface area contributed by atoms with E-state index in [2.05, 4.69) is 58.1 Å². The van der Waals surface area contributed by atoms with Crippen molar-refractivity contribution in [3.63, 3.8) is 0 Å². The van der Waals surface area contributed by atoms with Crippen LogP contribution in [0.1, 0.15) is 45.2 Å². The molecule has 0 aliphatic carbocycles. The molecular weight excluding hydrogens is 182 g/mol. The van der Waals surface area contributed by atoms with Crippen LogP contribution in [0.3, 0.4) is 0 Å². The molecule has 1 aromatic carbocycles. The Morgan fingerprint density at radius 2 is 1.80 bits per heavy atom. The second-order valence-electron chi connectivity index (χ2n) is 6.07. The fourth-order valence-corrected chi connectivity index (χ4v) is 2.98. The molecule has 1 aromatic rings. The molecule has 1 heterocycles. The first-order valence-corrected chi connectivity index (χ1v) is 5.70. The van der Waals surface area contributed by atoms with E-state index in [1.165, 1.54) is 23.2 Å². The largest absolute Gasteiger partial charge is 0.380 e. The van der Waals surface area contributed by atoms with Crippen LogP contribution in [-0.4, -0.2) is 5.54 Å². The molecular formula is C14H21N. The number of benzene rings is 1. The van der Waals surface area contributed by atoms with E-state index in [-0.39, 0.29) is 11.0 Å². The summed E-state index contributed by atoms with van der Waals surface area (Å²) < 4.78 is 0. The number of aryl methyl sites for hydroxylation is 1. The van der Waals surface area contributed by atoms with Gasteiger partial charge < -0.3 is 5.32 Å². The van der Waals surface area contributed by atoms with Gasteiger partial charge in [0.05, 0.1) is 0 Å². The van der Waals surface area contributed by atoms with Crippen LogP contribution in [0.15, 0.2) is 18.2 Å². The Labute approximate surface area is 92.9 Å². The summed E-state index contributed by atoms with van der Waals surface area (Å²) in [6, 6.07) is 6.60. The molecule has 0 saturated heterocycles. The molecule has 0 fully saturated rings. The molecule has 0 atom stereocenters. The van der Waals surface area contributed by atoms with Crippen LogP contribution in [0.25, 0.3) is 0 Å². The minimum absolute atomic E-state index is 0.197. The fraction of sp³-hybridized carbons (Fsp3) is 0.571. The molecule has 0 aromatic heterocycles. The lowest BCUT2D eigenvalue weighted by Gasteiger charge is -2.44. The molecule has 1 N–H and O–H groups in total. The van der Waals surface area contributed by atoms with Gasteiger partial charge in [-0.2, -0.15) is 0 Å². The zero-order valence-corrected chi connectivity index (χ0v) is 10.4. The number of hydrogen-bond donors (Lipinski definition) is 1. The topological polar surface area (TPSA) is 12.0 Å². The Balaban J connectivity index is 2.60. The summed E-state index contributed by atoms with van der Waals surface area (Å²) >= 11 is 0. The first-order chi connectivity index (χ1) is 6.82. The van der Waals surface area contributed by atoms with E-state index in [0.29, 0.717) is 0 Å². The standard InChI is InChI=1S/C14H21N/c1-10-7-6-8-11-12(10)15-14(4,5)9-13(11,2)3/h6-8,15H,9H2,1-5H3. The Morgan fingerprint density at radius 1 is 1.13 bits per heavy atom. The maximum Gasteiger partial charge on any atom is 0.0412 e. The van der Waals surface area contributed by atoms with Crippen LogP contribution in [-0.2, 0) is 5.41 Å². The van der Waals surface area contributed by atoms with Gasteiger partial charge in [-0.05, 0) is 43.7 Å². The molecule has 1 aliphatic rings. The van der Waals surface area contributed by atoms with Crippen molar-refractivity contribution in [1.82, 2.24) is 0 Å². The summed E-state index contributed by atoms with van der Waals surface area (Å²) in [7, 11) is 0. The molecule has 0 bridgehead atoms. The quantitative estimate of drug-likeness (QED) is 0.675. The number of rotatable bonds is 0. The van der Waals surface area contributed by atoms with Crippen molar-refractivity contribution in [2.45, 2.75) is 52.0 Å². The highest BCUT2D eigenvalue weighted by Gasteiger charge is 2.37. The average molecular weight is 203 g/mol. The third-order valence-electron chi connectivity index (χ3n) is 3.35. The van der Waals surface area contributed by atoms with Crippen molar-refractivity contribution < 1.29 is 0 Å². The predicted octanol–water partition coefficient (Wildman–Crippen LogP) is 3.87. The highest BCUT2D eigenvalue weighted by molar-refractivity contribution is 5.63. The Morgan fingerprint density at radius 3 is 2.47 bits per heavy atom. The van der Waals surface area contributed by atoms with Crippen molar-refractivity contribution in [2.24, 2.45) is 0 Å². The van der Waals surface area contributed by atoms with Crippen LogP contribution in [0, 0.1) is 6.92 Å². The third-order valence-corrected chi connectivity index (χ3v) is 3.35. The molecule has 0 radical (unpaired) electrons.